The van der Waals surface area contributed by atoms with Gasteiger partial charge in [0.25, 0.3) is 0 Å². The molecule has 0 aliphatic carbocycles. The molecule has 1 unspecified atom stereocenters. The minimum absolute atomic E-state index is 0.491. The van der Waals surface area contributed by atoms with Crippen LogP contribution in [0, 0.1) is 0 Å². The van der Waals surface area contributed by atoms with Crippen molar-refractivity contribution in [3.05, 3.63) is 23.9 Å². The third-order valence-corrected chi connectivity index (χ3v) is 4.03. The first kappa shape index (κ1) is 15.3. The fraction of sp³-hybridized carbons (Fsp3) is 0.688. The Kier molecular flexibility index (Phi) is 5.38. The molecule has 0 amide bonds. The highest BCUT2D eigenvalue weighted by Crippen LogP contribution is 2.18. The number of nitrogens with zero attached hydrogens (tertiary/aromatic N) is 3. The lowest BCUT2D eigenvalue weighted by Gasteiger charge is -2.26. The first-order valence-corrected chi connectivity index (χ1v) is 7.67. The number of hydrogen-bond donors (Lipinski definition) is 1. The van der Waals surface area contributed by atoms with E-state index >= 15 is 0 Å². The molecule has 1 aromatic heterocycles. The molecule has 1 fully saturated rings. The molecule has 1 aliphatic heterocycles. The fourth-order valence-electron chi connectivity index (χ4n) is 2.71. The van der Waals surface area contributed by atoms with E-state index in [0.717, 1.165) is 24.6 Å². The lowest BCUT2D eigenvalue weighted by Crippen LogP contribution is -2.37. The van der Waals surface area contributed by atoms with Crippen LogP contribution in [0.15, 0.2) is 18.2 Å². The zero-order chi connectivity index (χ0) is 14.5. The maximum Gasteiger partial charge on any atom is 0.128 e. The van der Waals surface area contributed by atoms with Gasteiger partial charge in [0.1, 0.15) is 5.82 Å². The molecule has 0 radical (unpaired) electrons. The van der Waals surface area contributed by atoms with Crippen LogP contribution in [0.3, 0.4) is 0 Å². The number of pyridine rings is 1. The molecule has 1 aromatic rings. The molecule has 1 atom stereocenters. The molecule has 2 heterocycles. The lowest BCUT2D eigenvalue weighted by atomic mass is 10.2. The Morgan fingerprint density at radius 2 is 2.25 bits per heavy atom. The van der Waals surface area contributed by atoms with Gasteiger partial charge in [0, 0.05) is 32.2 Å². The van der Waals surface area contributed by atoms with Gasteiger partial charge in [-0.05, 0) is 38.6 Å². The lowest BCUT2D eigenvalue weighted by molar-refractivity contribution is 0.314. The van der Waals surface area contributed by atoms with Crippen LogP contribution in [-0.2, 0) is 6.54 Å². The molecule has 2 rings (SSSR count). The van der Waals surface area contributed by atoms with Gasteiger partial charge in [-0.25, -0.2) is 4.98 Å². The molecule has 4 nitrogen and oxygen atoms in total. The van der Waals surface area contributed by atoms with Crippen molar-refractivity contribution in [1.29, 1.82) is 0 Å². The first-order chi connectivity index (χ1) is 9.56. The second kappa shape index (κ2) is 7.04. The van der Waals surface area contributed by atoms with E-state index in [9.17, 15) is 0 Å². The maximum absolute atomic E-state index is 4.76. The Balaban J connectivity index is 1.95. The number of likely N-dealkylation sites (N-methyl/N-ethyl adjacent to an activating group) is 2. The molecular formula is C16H28N4. The van der Waals surface area contributed by atoms with Crippen molar-refractivity contribution < 1.29 is 0 Å². The minimum atomic E-state index is 0.491. The topological polar surface area (TPSA) is 31.4 Å². The van der Waals surface area contributed by atoms with Crippen molar-refractivity contribution in [1.82, 2.24) is 15.2 Å². The Labute approximate surface area is 123 Å². The molecule has 112 valence electrons. The van der Waals surface area contributed by atoms with Gasteiger partial charge in [-0.15, -0.1) is 0 Å². The number of anilines is 1. The van der Waals surface area contributed by atoms with Crippen molar-refractivity contribution in [2.24, 2.45) is 0 Å². The molecule has 1 N–H and O–H groups in total. The highest BCUT2D eigenvalue weighted by Gasteiger charge is 2.22. The summed E-state index contributed by atoms with van der Waals surface area (Å²) in [5.74, 6) is 1.08. The highest BCUT2D eigenvalue weighted by molar-refractivity contribution is 5.38. The highest BCUT2D eigenvalue weighted by atomic mass is 15.2. The molecule has 0 spiro atoms. The number of rotatable bonds is 6. The van der Waals surface area contributed by atoms with Crippen LogP contribution in [0.2, 0.25) is 0 Å². The van der Waals surface area contributed by atoms with Crippen molar-refractivity contribution in [3.8, 4) is 0 Å². The number of aromatic nitrogens is 1. The fourth-order valence-corrected chi connectivity index (χ4v) is 2.71. The predicted octanol–water partition coefficient (Wildman–Crippen LogP) is 2.11. The van der Waals surface area contributed by atoms with E-state index in [0.29, 0.717) is 12.1 Å². The van der Waals surface area contributed by atoms with Gasteiger partial charge in [-0.2, -0.15) is 0 Å². The summed E-state index contributed by atoms with van der Waals surface area (Å²) in [7, 11) is 4.37. The largest absolute Gasteiger partial charge is 0.358 e. The second-order valence-corrected chi connectivity index (χ2v) is 6.18. The van der Waals surface area contributed by atoms with Gasteiger partial charge in [0.05, 0.1) is 5.69 Å². The van der Waals surface area contributed by atoms with Crippen LogP contribution in [-0.4, -0.2) is 49.2 Å². The van der Waals surface area contributed by atoms with Crippen LogP contribution in [0.25, 0.3) is 0 Å². The van der Waals surface area contributed by atoms with Gasteiger partial charge >= 0.3 is 0 Å². The van der Waals surface area contributed by atoms with E-state index < -0.39 is 0 Å². The molecule has 0 bridgehead atoms. The normalized spacial score (nSPS) is 19.8. The van der Waals surface area contributed by atoms with E-state index in [-0.39, 0.29) is 0 Å². The standard InChI is InChI=1S/C16H28N4/c1-13(2)17-11-14-7-5-9-16(18-14)20(4)12-15-8-6-10-19(15)3/h5,7,9,13,15,17H,6,8,10-12H2,1-4H3. The third kappa shape index (κ3) is 4.18. The van der Waals surface area contributed by atoms with E-state index in [2.05, 4.69) is 61.3 Å². The zero-order valence-electron chi connectivity index (χ0n) is 13.3. The Hall–Kier alpha value is -1.13. The molecule has 4 heteroatoms. The van der Waals surface area contributed by atoms with Gasteiger partial charge < -0.3 is 15.1 Å². The Morgan fingerprint density at radius 1 is 1.45 bits per heavy atom. The van der Waals surface area contributed by atoms with E-state index in [4.69, 9.17) is 4.98 Å². The van der Waals surface area contributed by atoms with Gasteiger partial charge in [-0.1, -0.05) is 19.9 Å². The van der Waals surface area contributed by atoms with Crippen LogP contribution >= 0.6 is 0 Å². The zero-order valence-corrected chi connectivity index (χ0v) is 13.3. The van der Waals surface area contributed by atoms with Gasteiger partial charge in [0.15, 0.2) is 0 Å². The van der Waals surface area contributed by atoms with Crippen molar-refractivity contribution >= 4 is 5.82 Å². The van der Waals surface area contributed by atoms with Crippen LogP contribution in [0.5, 0.6) is 0 Å². The Bertz CT molecular complexity index is 419. The Morgan fingerprint density at radius 3 is 2.90 bits per heavy atom. The van der Waals surface area contributed by atoms with Crippen LogP contribution < -0.4 is 10.2 Å². The second-order valence-electron chi connectivity index (χ2n) is 6.18. The number of likely N-dealkylation sites (tertiary alicyclic amines) is 1. The summed E-state index contributed by atoms with van der Waals surface area (Å²) in [6.07, 6.45) is 2.62. The summed E-state index contributed by atoms with van der Waals surface area (Å²) >= 11 is 0. The summed E-state index contributed by atoms with van der Waals surface area (Å²) in [5, 5.41) is 3.42. The summed E-state index contributed by atoms with van der Waals surface area (Å²) in [5.41, 5.74) is 1.11. The van der Waals surface area contributed by atoms with Crippen molar-refractivity contribution in [2.75, 3.05) is 32.1 Å². The van der Waals surface area contributed by atoms with E-state index in [1.807, 2.05) is 0 Å². The average molecular weight is 276 g/mol. The summed E-state index contributed by atoms with van der Waals surface area (Å²) in [6, 6.07) is 7.46. The smallest absolute Gasteiger partial charge is 0.128 e. The van der Waals surface area contributed by atoms with Crippen molar-refractivity contribution in [3.63, 3.8) is 0 Å². The van der Waals surface area contributed by atoms with Gasteiger partial charge in [0.2, 0.25) is 0 Å². The van der Waals surface area contributed by atoms with Gasteiger partial charge in [-0.3, -0.25) is 0 Å². The summed E-state index contributed by atoms with van der Waals surface area (Å²) in [4.78, 5) is 9.50. The summed E-state index contributed by atoms with van der Waals surface area (Å²) < 4.78 is 0. The summed E-state index contributed by atoms with van der Waals surface area (Å²) in [6.45, 7) is 7.44. The quantitative estimate of drug-likeness (QED) is 0.862. The predicted molar refractivity (Wildman–Crippen MR) is 85.1 cm³/mol. The molecule has 0 aromatic carbocycles. The molecule has 1 saturated heterocycles. The molecule has 0 saturated carbocycles. The first-order valence-electron chi connectivity index (χ1n) is 7.67. The molecule has 20 heavy (non-hydrogen) atoms. The van der Waals surface area contributed by atoms with Crippen molar-refractivity contribution in [2.45, 2.75) is 45.3 Å². The monoisotopic (exact) mass is 276 g/mol. The molecule has 1 aliphatic rings. The van der Waals surface area contributed by atoms with Crippen LogP contribution in [0.4, 0.5) is 5.82 Å². The molecular weight excluding hydrogens is 248 g/mol. The van der Waals surface area contributed by atoms with E-state index in [1.54, 1.807) is 0 Å². The average Bonchev–Trinajstić information content (AvgIpc) is 2.82. The van der Waals surface area contributed by atoms with Crippen LogP contribution in [0.1, 0.15) is 32.4 Å². The number of hydrogen-bond acceptors (Lipinski definition) is 4. The SMILES string of the molecule is CC(C)NCc1cccc(N(C)CC2CCCN2C)n1. The number of nitrogens with one attached hydrogen (secondary N) is 1. The minimum Gasteiger partial charge on any atom is -0.358 e. The third-order valence-electron chi connectivity index (χ3n) is 4.03. The van der Waals surface area contributed by atoms with E-state index in [1.165, 1.54) is 19.4 Å². The maximum atomic E-state index is 4.76.